The summed E-state index contributed by atoms with van der Waals surface area (Å²) in [4.78, 5) is 39.8. The zero-order valence-corrected chi connectivity index (χ0v) is 19.8. The number of fused-ring (bicyclic) bond motifs is 4. The highest BCUT2D eigenvalue weighted by molar-refractivity contribution is 6.02. The van der Waals surface area contributed by atoms with Gasteiger partial charge in [-0.05, 0) is 39.7 Å². The summed E-state index contributed by atoms with van der Waals surface area (Å²) in [6.45, 7) is 8.96. The maximum absolute atomic E-state index is 12.9. The average Bonchev–Trinajstić information content (AvgIpc) is 3.35. The Hall–Kier alpha value is -2.87. The molecule has 0 unspecified atom stereocenters. The van der Waals surface area contributed by atoms with Crippen molar-refractivity contribution in [2.45, 2.75) is 64.3 Å². The highest BCUT2D eigenvalue weighted by Gasteiger charge is 2.51. The Morgan fingerprint density at radius 1 is 1.18 bits per heavy atom. The molecular weight excluding hydrogens is 420 g/mol. The van der Waals surface area contributed by atoms with Gasteiger partial charge in [-0.2, -0.15) is 0 Å². The molecule has 0 aromatic heterocycles. The van der Waals surface area contributed by atoms with E-state index < -0.39 is 17.7 Å². The molecule has 8 nitrogen and oxygen atoms in total. The average molecular weight is 455 g/mol. The van der Waals surface area contributed by atoms with Gasteiger partial charge in [0.1, 0.15) is 11.6 Å². The van der Waals surface area contributed by atoms with Crippen LogP contribution in [0.2, 0.25) is 0 Å². The van der Waals surface area contributed by atoms with Gasteiger partial charge in [-0.1, -0.05) is 30.3 Å². The number of hydrogen-bond acceptors (Lipinski definition) is 6. The highest BCUT2D eigenvalue weighted by atomic mass is 16.6. The summed E-state index contributed by atoms with van der Waals surface area (Å²) in [6, 6.07) is 10.1. The van der Waals surface area contributed by atoms with E-state index in [2.05, 4.69) is 39.9 Å². The Kier molecular flexibility index (Phi) is 6.47. The van der Waals surface area contributed by atoms with Crippen LogP contribution in [0.25, 0.3) is 0 Å². The van der Waals surface area contributed by atoms with Gasteiger partial charge in [-0.15, -0.1) is 0 Å². The van der Waals surface area contributed by atoms with Crippen LogP contribution < -0.4 is 16.0 Å². The van der Waals surface area contributed by atoms with E-state index in [4.69, 9.17) is 4.74 Å². The summed E-state index contributed by atoms with van der Waals surface area (Å²) in [5.74, 6) is 0.0832. The lowest BCUT2D eigenvalue weighted by molar-refractivity contribution is -0.127. The lowest BCUT2D eigenvalue weighted by Gasteiger charge is -2.38. The number of likely N-dealkylation sites (tertiary alicyclic amines) is 1. The molecule has 33 heavy (non-hydrogen) atoms. The van der Waals surface area contributed by atoms with E-state index in [1.165, 1.54) is 5.56 Å². The third kappa shape index (κ3) is 5.05. The second-order valence-corrected chi connectivity index (χ2v) is 10.1. The summed E-state index contributed by atoms with van der Waals surface area (Å²) < 4.78 is 5.18. The largest absolute Gasteiger partial charge is 0.444 e. The molecule has 1 aliphatic carbocycles. The van der Waals surface area contributed by atoms with Gasteiger partial charge < -0.3 is 20.7 Å². The van der Waals surface area contributed by atoms with E-state index in [9.17, 15) is 14.4 Å². The summed E-state index contributed by atoms with van der Waals surface area (Å²) in [5, 5.41) is 8.82. The predicted molar refractivity (Wildman–Crippen MR) is 124 cm³/mol. The molecule has 2 bridgehead atoms. The van der Waals surface area contributed by atoms with Gasteiger partial charge in [0.2, 0.25) is 5.91 Å². The maximum Gasteiger partial charge on any atom is 0.407 e. The zero-order valence-electron chi connectivity index (χ0n) is 19.8. The van der Waals surface area contributed by atoms with Crippen molar-refractivity contribution < 1.29 is 19.1 Å². The van der Waals surface area contributed by atoms with Crippen LogP contribution in [0.1, 0.15) is 52.1 Å². The van der Waals surface area contributed by atoms with Gasteiger partial charge in [-0.3, -0.25) is 14.5 Å². The lowest BCUT2D eigenvalue weighted by Crippen LogP contribution is -2.53. The number of amides is 2. The first-order chi connectivity index (χ1) is 15.6. The third-order valence-electron chi connectivity index (χ3n) is 6.58. The first kappa shape index (κ1) is 23.3. The zero-order chi connectivity index (χ0) is 23.8. The Balaban J connectivity index is 1.33. The van der Waals surface area contributed by atoms with Crippen molar-refractivity contribution in [3.8, 4) is 0 Å². The first-order valence-electron chi connectivity index (χ1n) is 11.7. The molecule has 1 saturated heterocycles. The molecule has 3 N–H and O–H groups in total. The van der Waals surface area contributed by atoms with Gasteiger partial charge in [0, 0.05) is 49.3 Å². The quantitative estimate of drug-likeness (QED) is 0.571. The van der Waals surface area contributed by atoms with E-state index in [0.717, 1.165) is 24.2 Å². The Bertz CT molecular complexity index is 953. The number of benzene rings is 1. The van der Waals surface area contributed by atoms with Gasteiger partial charge in [0.25, 0.3) is 0 Å². The van der Waals surface area contributed by atoms with Crippen molar-refractivity contribution in [1.29, 1.82) is 0 Å². The fraction of sp³-hybridized carbons (Fsp3) is 0.560. The molecule has 1 aromatic carbocycles. The van der Waals surface area contributed by atoms with Crippen LogP contribution in [-0.2, 0) is 14.3 Å². The molecule has 4 atom stereocenters. The first-order valence-corrected chi connectivity index (χ1v) is 11.7. The van der Waals surface area contributed by atoms with Crippen LogP contribution in [0, 0.1) is 5.92 Å². The molecule has 0 spiro atoms. The van der Waals surface area contributed by atoms with Crippen LogP contribution >= 0.6 is 0 Å². The molecule has 2 amide bonds. The molecule has 0 radical (unpaired) electrons. The summed E-state index contributed by atoms with van der Waals surface area (Å²) in [5.41, 5.74) is 2.50. The minimum atomic E-state index is -0.592. The number of Topliss-reactive ketones (excluding diaryl/α,β-unsaturated/α-hetero) is 1. The molecular formula is C25H34N4O4. The number of ether oxygens (including phenoxy) is 1. The van der Waals surface area contributed by atoms with E-state index in [0.29, 0.717) is 0 Å². The fourth-order valence-electron chi connectivity index (χ4n) is 5.14. The molecule has 0 saturated carbocycles. The van der Waals surface area contributed by atoms with E-state index >= 15 is 0 Å². The van der Waals surface area contributed by atoms with Crippen LogP contribution in [0.3, 0.4) is 0 Å². The second-order valence-electron chi connectivity index (χ2n) is 10.1. The van der Waals surface area contributed by atoms with Crippen LogP contribution in [0.4, 0.5) is 4.79 Å². The molecule has 178 valence electrons. The highest BCUT2D eigenvalue weighted by Crippen LogP contribution is 2.46. The number of nitrogens with one attached hydrogen (secondary N) is 3. The number of rotatable bonds is 6. The SMILES string of the molecule is C[C@H](c1ccccc1)N1C[C@@H]2C[C@H]1C1=C2C(=O)C[C@@H](C(=O)NCCNC(=O)OC(C)(C)C)N1. The topological polar surface area (TPSA) is 99.8 Å². The van der Waals surface area contributed by atoms with E-state index in [1.54, 1.807) is 20.8 Å². The molecule has 2 aliphatic heterocycles. The minimum Gasteiger partial charge on any atom is -0.444 e. The van der Waals surface area contributed by atoms with Gasteiger partial charge in [0.05, 0.1) is 6.04 Å². The molecule has 3 aliphatic rings. The predicted octanol–water partition coefficient (Wildman–Crippen LogP) is 2.28. The molecule has 4 rings (SSSR count). The van der Waals surface area contributed by atoms with Gasteiger partial charge in [0.15, 0.2) is 5.78 Å². The second kappa shape index (κ2) is 9.17. The van der Waals surface area contributed by atoms with E-state index in [1.807, 2.05) is 18.2 Å². The maximum atomic E-state index is 12.9. The fourth-order valence-corrected chi connectivity index (χ4v) is 5.14. The lowest BCUT2D eigenvalue weighted by atomic mass is 9.89. The molecule has 2 heterocycles. The Morgan fingerprint density at radius 2 is 1.88 bits per heavy atom. The van der Waals surface area contributed by atoms with Crippen LogP contribution in [-0.4, -0.2) is 60.0 Å². The monoisotopic (exact) mass is 454 g/mol. The number of hydrogen-bond donors (Lipinski definition) is 3. The number of carbonyl (C=O) groups is 3. The normalized spacial score (nSPS) is 25.3. The van der Waals surface area contributed by atoms with Crippen molar-refractivity contribution in [3.05, 3.63) is 47.2 Å². The van der Waals surface area contributed by atoms with Crippen LogP contribution in [0.5, 0.6) is 0 Å². The third-order valence-corrected chi connectivity index (χ3v) is 6.58. The van der Waals surface area contributed by atoms with Gasteiger partial charge in [-0.25, -0.2) is 4.79 Å². The molecule has 1 aromatic rings. The van der Waals surface area contributed by atoms with Crippen molar-refractivity contribution >= 4 is 17.8 Å². The number of nitrogens with zero attached hydrogens (tertiary/aromatic N) is 1. The number of carbonyl (C=O) groups excluding carboxylic acids is 3. The Labute approximate surface area is 195 Å². The van der Waals surface area contributed by atoms with Crippen molar-refractivity contribution in [2.24, 2.45) is 5.92 Å². The summed E-state index contributed by atoms with van der Waals surface area (Å²) >= 11 is 0. The minimum absolute atomic E-state index is 0.0790. The van der Waals surface area contributed by atoms with Crippen molar-refractivity contribution in [3.63, 3.8) is 0 Å². The standard InChI is InChI=1S/C25H34N4O4/c1-15(16-8-6-5-7-9-16)29-14-17-12-19(29)22-21(17)20(30)13-18(28-22)23(31)26-10-11-27-24(32)33-25(2,3)4/h5-9,15,17-19,28H,10-14H2,1-4H3,(H,26,31)(H,27,32)/t15-,17+,18+,19+/m1/s1. The van der Waals surface area contributed by atoms with E-state index in [-0.39, 0.29) is 49.2 Å². The summed E-state index contributed by atoms with van der Waals surface area (Å²) in [6.07, 6.45) is 0.572. The molecule has 1 fully saturated rings. The summed E-state index contributed by atoms with van der Waals surface area (Å²) in [7, 11) is 0. The van der Waals surface area contributed by atoms with Crippen molar-refractivity contribution in [2.75, 3.05) is 19.6 Å². The van der Waals surface area contributed by atoms with Crippen molar-refractivity contribution in [1.82, 2.24) is 20.9 Å². The Morgan fingerprint density at radius 3 is 2.58 bits per heavy atom. The number of alkyl carbamates (subject to hydrolysis) is 1. The smallest absolute Gasteiger partial charge is 0.407 e. The number of ketones is 1. The molecule has 8 heteroatoms. The van der Waals surface area contributed by atoms with Gasteiger partial charge >= 0.3 is 6.09 Å². The van der Waals surface area contributed by atoms with Crippen LogP contribution in [0.15, 0.2) is 41.6 Å².